The van der Waals surface area contributed by atoms with E-state index in [4.69, 9.17) is 16.3 Å². The lowest BCUT2D eigenvalue weighted by molar-refractivity contribution is -0.136. The van der Waals surface area contributed by atoms with E-state index in [1.54, 1.807) is 30.3 Å². The first-order valence-corrected chi connectivity index (χ1v) is 12.2. The molecule has 2 aromatic carbocycles. The highest BCUT2D eigenvalue weighted by Gasteiger charge is 2.35. The summed E-state index contributed by atoms with van der Waals surface area (Å²) in [6.45, 7) is 4.84. The quantitative estimate of drug-likeness (QED) is 0.333. The molecule has 0 saturated carbocycles. The molecular weight excluding hydrogens is 451 g/mol. The van der Waals surface area contributed by atoms with Gasteiger partial charge in [-0.2, -0.15) is 0 Å². The molecule has 1 aromatic heterocycles. The van der Waals surface area contributed by atoms with Crippen molar-refractivity contribution >= 4 is 17.5 Å². The van der Waals surface area contributed by atoms with E-state index in [2.05, 4.69) is 36.2 Å². The van der Waals surface area contributed by atoms with Gasteiger partial charge in [-0.25, -0.2) is 9.37 Å². The molecule has 3 atom stereocenters. The van der Waals surface area contributed by atoms with Crippen LogP contribution in [-0.2, 0) is 11.2 Å². The number of carbonyl (C=O) groups excluding carboxylic acids is 1. The fourth-order valence-corrected chi connectivity index (χ4v) is 5.15. The minimum absolute atomic E-state index is 0.0124. The lowest BCUT2D eigenvalue weighted by Gasteiger charge is -2.36. The minimum Gasteiger partial charge on any atom is -0.476 e. The summed E-state index contributed by atoms with van der Waals surface area (Å²) in [5, 5.41) is 0.365. The third-order valence-electron chi connectivity index (χ3n) is 6.79. The van der Waals surface area contributed by atoms with Gasteiger partial charge >= 0.3 is 0 Å². The maximum absolute atomic E-state index is 13.9. The molecule has 1 heterocycles. The number of fused-ring (bicyclic) bond motifs is 1. The van der Waals surface area contributed by atoms with E-state index in [-0.39, 0.29) is 29.6 Å². The summed E-state index contributed by atoms with van der Waals surface area (Å²) < 4.78 is 19.4. The normalized spacial score (nSPS) is 16.5. The second kappa shape index (κ2) is 11.0. The molecule has 0 aliphatic heterocycles. The van der Waals surface area contributed by atoms with Crippen LogP contribution in [-0.4, -0.2) is 35.0 Å². The van der Waals surface area contributed by atoms with Crippen molar-refractivity contribution in [2.75, 3.05) is 13.2 Å². The smallest absolute Gasteiger partial charge is 0.230 e. The van der Waals surface area contributed by atoms with E-state index < -0.39 is 0 Å². The van der Waals surface area contributed by atoms with Gasteiger partial charge in [0, 0.05) is 18.0 Å². The Hall–Kier alpha value is -2.92. The Morgan fingerprint density at radius 1 is 1.15 bits per heavy atom. The molecule has 4 nitrogen and oxygen atoms in total. The molecule has 1 amide bonds. The Morgan fingerprint density at radius 2 is 1.91 bits per heavy atom. The number of benzene rings is 2. The zero-order valence-electron chi connectivity index (χ0n) is 19.6. The Kier molecular flexibility index (Phi) is 7.84. The molecule has 0 saturated heterocycles. The topological polar surface area (TPSA) is 42.4 Å². The summed E-state index contributed by atoms with van der Waals surface area (Å²) in [6, 6.07) is 20.0. The van der Waals surface area contributed by atoms with Crippen molar-refractivity contribution < 1.29 is 13.9 Å². The monoisotopic (exact) mass is 480 g/mol. The number of aromatic nitrogens is 1. The standard InChI is InChI=1S/C28H30ClFN2O2/c1-3-23(21-11-14-22(30)15-12-21)28(33)32(17-18-34-27-10-6-9-26(29)31-27)19(2)24-16-13-20-7-4-5-8-25(20)24/h4-12,14-15,19,23-24H,3,13,16-18H2,1-2H3. The number of hydrogen-bond donors (Lipinski definition) is 0. The van der Waals surface area contributed by atoms with Gasteiger partial charge in [-0.15, -0.1) is 0 Å². The van der Waals surface area contributed by atoms with Crippen molar-refractivity contribution in [3.8, 4) is 5.88 Å². The highest BCUT2D eigenvalue weighted by Crippen LogP contribution is 2.38. The second-order valence-electron chi connectivity index (χ2n) is 8.78. The van der Waals surface area contributed by atoms with E-state index in [0.717, 1.165) is 18.4 Å². The molecule has 1 aliphatic rings. The molecule has 3 unspecified atom stereocenters. The Balaban J connectivity index is 1.57. The summed E-state index contributed by atoms with van der Waals surface area (Å²) >= 11 is 5.98. The fraction of sp³-hybridized carbons (Fsp3) is 0.357. The van der Waals surface area contributed by atoms with Crippen molar-refractivity contribution in [1.29, 1.82) is 0 Å². The van der Waals surface area contributed by atoms with E-state index in [0.29, 0.717) is 30.6 Å². The number of carbonyl (C=O) groups is 1. The molecular formula is C28H30ClFN2O2. The van der Waals surface area contributed by atoms with E-state index in [1.807, 2.05) is 11.8 Å². The molecule has 178 valence electrons. The molecule has 3 aromatic rings. The van der Waals surface area contributed by atoms with E-state index in [9.17, 15) is 9.18 Å². The summed E-state index contributed by atoms with van der Waals surface area (Å²) in [5.41, 5.74) is 3.51. The van der Waals surface area contributed by atoms with Gasteiger partial charge in [0.15, 0.2) is 0 Å². The fourth-order valence-electron chi connectivity index (χ4n) is 4.99. The number of pyridine rings is 1. The number of hydrogen-bond acceptors (Lipinski definition) is 3. The summed E-state index contributed by atoms with van der Waals surface area (Å²) in [6.07, 6.45) is 2.66. The van der Waals surface area contributed by atoms with Crippen LogP contribution in [0, 0.1) is 5.82 Å². The average Bonchev–Trinajstić information content (AvgIpc) is 3.27. The van der Waals surface area contributed by atoms with Gasteiger partial charge in [0.2, 0.25) is 11.8 Å². The third kappa shape index (κ3) is 5.41. The van der Waals surface area contributed by atoms with Gasteiger partial charge in [0.25, 0.3) is 0 Å². The van der Waals surface area contributed by atoms with Gasteiger partial charge in [-0.05, 0) is 61.1 Å². The van der Waals surface area contributed by atoms with Gasteiger partial charge < -0.3 is 9.64 Å². The van der Waals surface area contributed by atoms with Crippen LogP contribution in [0.15, 0.2) is 66.7 Å². The molecule has 0 spiro atoms. The van der Waals surface area contributed by atoms with Crippen LogP contribution < -0.4 is 4.74 Å². The van der Waals surface area contributed by atoms with Crippen molar-refractivity contribution in [3.05, 3.63) is 94.4 Å². The van der Waals surface area contributed by atoms with Crippen LogP contribution >= 0.6 is 11.6 Å². The molecule has 6 heteroatoms. The van der Waals surface area contributed by atoms with Crippen LogP contribution in [0.1, 0.15) is 55.2 Å². The maximum Gasteiger partial charge on any atom is 0.230 e. The van der Waals surface area contributed by atoms with Crippen molar-refractivity contribution in [1.82, 2.24) is 9.88 Å². The maximum atomic E-state index is 13.9. The Labute approximate surface area is 205 Å². The lowest BCUT2D eigenvalue weighted by Crippen LogP contribution is -2.46. The number of rotatable bonds is 9. The van der Waals surface area contributed by atoms with Crippen LogP contribution in [0.3, 0.4) is 0 Å². The summed E-state index contributed by atoms with van der Waals surface area (Å²) in [7, 11) is 0. The molecule has 34 heavy (non-hydrogen) atoms. The SMILES string of the molecule is CCC(C(=O)N(CCOc1cccc(Cl)n1)C(C)C1CCc2ccccc21)c1ccc(F)cc1. The van der Waals surface area contributed by atoms with Crippen LogP contribution in [0.2, 0.25) is 5.15 Å². The molecule has 0 fully saturated rings. The number of nitrogens with zero attached hydrogens (tertiary/aromatic N) is 2. The summed E-state index contributed by atoms with van der Waals surface area (Å²) in [5.74, 6) is 0.0819. The number of ether oxygens (including phenoxy) is 1. The van der Waals surface area contributed by atoms with E-state index in [1.165, 1.54) is 23.3 Å². The van der Waals surface area contributed by atoms with Crippen LogP contribution in [0.5, 0.6) is 5.88 Å². The number of amides is 1. The molecule has 4 rings (SSSR count). The predicted octanol–water partition coefficient (Wildman–Crippen LogP) is 6.39. The van der Waals surface area contributed by atoms with Gasteiger partial charge in [-0.1, -0.05) is 61.0 Å². The summed E-state index contributed by atoms with van der Waals surface area (Å²) in [4.78, 5) is 20.0. The number of aryl methyl sites for hydroxylation is 1. The predicted molar refractivity (Wildman–Crippen MR) is 133 cm³/mol. The lowest BCUT2D eigenvalue weighted by atomic mass is 9.90. The molecule has 0 N–H and O–H groups in total. The zero-order valence-corrected chi connectivity index (χ0v) is 20.3. The highest BCUT2D eigenvalue weighted by atomic mass is 35.5. The largest absolute Gasteiger partial charge is 0.476 e. The third-order valence-corrected chi connectivity index (χ3v) is 7.00. The van der Waals surface area contributed by atoms with Crippen LogP contribution in [0.4, 0.5) is 4.39 Å². The van der Waals surface area contributed by atoms with Crippen molar-refractivity contribution in [2.45, 2.75) is 51.0 Å². The zero-order chi connectivity index (χ0) is 24.1. The second-order valence-corrected chi connectivity index (χ2v) is 9.16. The van der Waals surface area contributed by atoms with Gasteiger partial charge in [0.05, 0.1) is 12.5 Å². The van der Waals surface area contributed by atoms with Crippen molar-refractivity contribution in [2.24, 2.45) is 0 Å². The van der Waals surface area contributed by atoms with Crippen molar-refractivity contribution in [3.63, 3.8) is 0 Å². The molecule has 0 bridgehead atoms. The first-order valence-electron chi connectivity index (χ1n) is 11.9. The minimum atomic E-state index is -0.344. The van der Waals surface area contributed by atoms with Crippen LogP contribution in [0.25, 0.3) is 0 Å². The Bertz CT molecular complexity index is 1120. The first-order chi connectivity index (χ1) is 16.5. The molecule has 0 radical (unpaired) electrons. The average molecular weight is 481 g/mol. The van der Waals surface area contributed by atoms with Gasteiger partial charge in [0.1, 0.15) is 17.6 Å². The number of halogens is 2. The Morgan fingerprint density at radius 3 is 2.65 bits per heavy atom. The highest BCUT2D eigenvalue weighted by molar-refractivity contribution is 6.29. The van der Waals surface area contributed by atoms with Gasteiger partial charge in [-0.3, -0.25) is 4.79 Å². The first kappa shape index (κ1) is 24.2. The molecule has 1 aliphatic carbocycles. The van der Waals surface area contributed by atoms with E-state index >= 15 is 0 Å².